The van der Waals surface area contributed by atoms with Gasteiger partial charge in [0.2, 0.25) is 0 Å². The van der Waals surface area contributed by atoms with Gasteiger partial charge in [0.1, 0.15) is 5.78 Å². The third-order valence-corrected chi connectivity index (χ3v) is 2.75. The molecule has 0 aliphatic carbocycles. The van der Waals surface area contributed by atoms with Crippen LogP contribution in [0.5, 0.6) is 0 Å². The largest absolute Gasteiger partial charge is 0.299 e. The van der Waals surface area contributed by atoms with Crippen LogP contribution in [-0.4, -0.2) is 28.3 Å². The van der Waals surface area contributed by atoms with Crippen molar-refractivity contribution in [1.29, 1.82) is 0 Å². The molecule has 0 N–H and O–H groups in total. The third kappa shape index (κ3) is 8.55. The molecule has 0 saturated carbocycles. The Morgan fingerprint density at radius 1 is 1.56 bits per heavy atom. The molecule has 0 aromatic heterocycles. The lowest BCUT2D eigenvalue weighted by atomic mass is 10.5. The molecule has 0 heterocycles. The Balaban J connectivity index is 4.24. The van der Waals surface area contributed by atoms with Gasteiger partial charge in [-0.05, 0) is 13.2 Å². The highest BCUT2D eigenvalue weighted by Crippen LogP contribution is 2.26. The minimum Gasteiger partial charge on any atom is -0.299 e. The molecule has 4 heteroatoms. The van der Waals surface area contributed by atoms with Crippen LogP contribution in [0, 0.1) is 0 Å². The molecule has 0 rings (SSSR count). The normalized spacial score (nSPS) is 16.2. The van der Waals surface area contributed by atoms with Gasteiger partial charge in [-0.25, -0.2) is 0 Å². The van der Waals surface area contributed by atoms with Crippen LogP contribution >= 0.6 is 21.2 Å². The van der Waals surface area contributed by atoms with Gasteiger partial charge in [-0.2, -0.15) is 0 Å². The van der Waals surface area contributed by atoms with Crippen LogP contribution in [0.3, 0.4) is 0 Å². The standard InChI is InChI=1S/C5H11IO2S/c1-5(7)4-9(2,3,6)8/h4H2,1-3H3. The summed E-state index contributed by atoms with van der Waals surface area (Å²) in [6, 6.07) is 0. The van der Waals surface area contributed by atoms with Gasteiger partial charge >= 0.3 is 0 Å². The van der Waals surface area contributed by atoms with E-state index in [9.17, 15) is 9.00 Å². The lowest BCUT2D eigenvalue weighted by molar-refractivity contribution is -0.114. The number of halogens is 1. The monoisotopic (exact) mass is 262 g/mol. The Labute approximate surface area is 67.4 Å². The topological polar surface area (TPSA) is 34.1 Å². The number of Topliss-reactive ketones (excluding diaryl/α,β-unsaturated/α-hetero) is 1. The Morgan fingerprint density at radius 3 is 1.89 bits per heavy atom. The van der Waals surface area contributed by atoms with Crippen LogP contribution in [0.1, 0.15) is 6.92 Å². The van der Waals surface area contributed by atoms with E-state index in [2.05, 4.69) is 0 Å². The molecular formula is C5H11IO2S. The van der Waals surface area contributed by atoms with E-state index in [-0.39, 0.29) is 11.5 Å². The fraction of sp³-hybridized carbons (Fsp3) is 0.800. The Hall–Kier alpha value is 0.550. The number of ketones is 1. The van der Waals surface area contributed by atoms with E-state index in [1.54, 1.807) is 12.5 Å². The Kier molecular flexibility index (Phi) is 2.44. The van der Waals surface area contributed by atoms with Gasteiger partial charge in [-0.15, -0.1) is 0 Å². The van der Waals surface area contributed by atoms with Crippen LogP contribution in [0.25, 0.3) is 0 Å². The van der Waals surface area contributed by atoms with Crippen molar-refractivity contribution in [2.75, 3.05) is 18.3 Å². The zero-order chi connectivity index (χ0) is 7.73. The summed E-state index contributed by atoms with van der Waals surface area (Å²) in [5.74, 6) is 0.184. The lowest BCUT2D eigenvalue weighted by Gasteiger charge is -2.23. The molecule has 0 fully saturated rings. The second-order valence-corrected chi connectivity index (χ2v) is 15.1. The highest BCUT2D eigenvalue weighted by molar-refractivity contribution is 14.2. The first kappa shape index (κ1) is 9.55. The van der Waals surface area contributed by atoms with Crippen molar-refractivity contribution in [3.05, 3.63) is 0 Å². The van der Waals surface area contributed by atoms with Gasteiger partial charge in [-0.1, -0.05) is 0 Å². The van der Waals surface area contributed by atoms with E-state index < -0.39 is 6.24 Å². The minimum absolute atomic E-state index is 0.00796. The molecule has 0 saturated heterocycles. The predicted octanol–water partition coefficient (Wildman–Crippen LogP) is 1.01. The fourth-order valence-electron chi connectivity index (χ4n) is 0.566. The van der Waals surface area contributed by atoms with E-state index in [1.807, 2.05) is 21.2 Å². The second kappa shape index (κ2) is 2.30. The maximum absolute atomic E-state index is 11.4. The van der Waals surface area contributed by atoms with Gasteiger partial charge < -0.3 is 0 Å². The SMILES string of the molecule is CC(=O)CS(C)(C)(=O)I. The summed E-state index contributed by atoms with van der Waals surface area (Å²) in [6.45, 7) is 1.46. The zero-order valence-corrected chi connectivity index (χ0v) is 8.78. The molecule has 0 aromatic carbocycles. The molecule has 9 heavy (non-hydrogen) atoms. The molecule has 0 atom stereocenters. The molecule has 0 radical (unpaired) electrons. The van der Waals surface area contributed by atoms with Crippen LogP contribution in [0.2, 0.25) is 0 Å². The van der Waals surface area contributed by atoms with E-state index in [0.29, 0.717) is 0 Å². The summed E-state index contributed by atoms with van der Waals surface area (Å²) in [5.41, 5.74) is 0. The van der Waals surface area contributed by atoms with Crippen molar-refractivity contribution in [3.8, 4) is 0 Å². The molecular weight excluding hydrogens is 251 g/mol. The average molecular weight is 262 g/mol. The van der Waals surface area contributed by atoms with Crippen molar-refractivity contribution in [2.24, 2.45) is 0 Å². The Morgan fingerprint density at radius 2 is 1.89 bits per heavy atom. The summed E-state index contributed by atoms with van der Waals surface area (Å²) in [4.78, 5) is 10.5. The third-order valence-electron chi connectivity index (χ3n) is 0.605. The van der Waals surface area contributed by atoms with Crippen molar-refractivity contribution >= 4 is 33.2 Å². The highest BCUT2D eigenvalue weighted by atomic mass is 127. The van der Waals surface area contributed by atoms with Crippen LogP contribution < -0.4 is 0 Å². The summed E-state index contributed by atoms with van der Waals surface area (Å²) >= 11 is 1.86. The summed E-state index contributed by atoms with van der Waals surface area (Å²) in [7, 11) is 0. The second-order valence-electron chi connectivity index (χ2n) is 2.76. The van der Waals surface area contributed by atoms with Crippen molar-refractivity contribution < 1.29 is 9.00 Å². The van der Waals surface area contributed by atoms with Crippen molar-refractivity contribution in [3.63, 3.8) is 0 Å². The minimum atomic E-state index is -2.58. The van der Waals surface area contributed by atoms with Gasteiger partial charge in [0.25, 0.3) is 0 Å². The van der Waals surface area contributed by atoms with Gasteiger partial charge in [-0.3, -0.25) is 9.00 Å². The summed E-state index contributed by atoms with van der Waals surface area (Å²) in [6.07, 6.45) is 0.669. The molecule has 0 aromatic rings. The highest BCUT2D eigenvalue weighted by Gasteiger charge is 2.21. The lowest BCUT2D eigenvalue weighted by Crippen LogP contribution is -2.28. The average Bonchev–Trinajstić information content (AvgIpc) is 1.16. The molecule has 2 nitrogen and oxygen atoms in total. The van der Waals surface area contributed by atoms with E-state index in [0.717, 1.165) is 0 Å². The van der Waals surface area contributed by atoms with Crippen LogP contribution in [0.15, 0.2) is 0 Å². The van der Waals surface area contributed by atoms with Crippen molar-refractivity contribution in [2.45, 2.75) is 6.92 Å². The number of hydrogen-bond acceptors (Lipinski definition) is 2. The van der Waals surface area contributed by atoms with Crippen molar-refractivity contribution in [1.82, 2.24) is 0 Å². The molecule has 0 spiro atoms. The van der Waals surface area contributed by atoms with E-state index in [1.165, 1.54) is 6.92 Å². The first-order valence-corrected chi connectivity index (χ1v) is 7.98. The molecule has 0 unspecified atom stereocenters. The summed E-state index contributed by atoms with van der Waals surface area (Å²) < 4.78 is 11.4. The molecule has 0 amide bonds. The van der Waals surface area contributed by atoms with E-state index in [4.69, 9.17) is 0 Å². The number of hydrogen-bond donors (Lipinski definition) is 0. The molecule has 0 aliphatic heterocycles. The number of carbonyl (C=O) groups excluding carboxylic acids is 1. The quantitative estimate of drug-likeness (QED) is 0.549. The summed E-state index contributed by atoms with van der Waals surface area (Å²) in [5, 5.41) is 0. The van der Waals surface area contributed by atoms with Crippen LogP contribution in [-0.2, 0) is 11.0 Å². The van der Waals surface area contributed by atoms with Gasteiger partial charge in [0, 0.05) is 33.7 Å². The maximum atomic E-state index is 11.4. The van der Waals surface area contributed by atoms with Gasteiger partial charge in [0.05, 0.1) is 5.75 Å². The first-order valence-electron chi connectivity index (χ1n) is 2.48. The maximum Gasteiger partial charge on any atom is 0.141 e. The molecule has 0 bridgehead atoms. The first-order chi connectivity index (χ1) is 3.67. The smallest absolute Gasteiger partial charge is 0.141 e. The zero-order valence-electron chi connectivity index (χ0n) is 5.81. The molecule has 56 valence electrons. The number of carbonyl (C=O) groups is 1. The molecule has 0 aliphatic rings. The van der Waals surface area contributed by atoms with Gasteiger partial charge in [0.15, 0.2) is 0 Å². The van der Waals surface area contributed by atoms with Crippen LogP contribution in [0.4, 0.5) is 0 Å². The number of rotatable bonds is 2. The predicted molar refractivity (Wildman–Crippen MR) is 49.6 cm³/mol. The Bertz CT molecular complexity index is 180. The van der Waals surface area contributed by atoms with E-state index >= 15 is 0 Å². The fourth-order valence-corrected chi connectivity index (χ4v) is 3.01.